The smallest absolute Gasteiger partial charge is 0.423 e. The summed E-state index contributed by atoms with van der Waals surface area (Å²) in [6.45, 7) is 4.11. The Bertz CT molecular complexity index is 284. The fourth-order valence-electron chi connectivity index (χ4n) is 1.03. The van der Waals surface area contributed by atoms with Crippen LogP contribution in [0.25, 0.3) is 0 Å². The highest BCUT2D eigenvalue weighted by Gasteiger charge is 2.02. The second kappa shape index (κ2) is 6.02. The normalized spacial score (nSPS) is 9.50. The van der Waals surface area contributed by atoms with Gasteiger partial charge in [0.25, 0.3) is 0 Å². The molecule has 0 saturated carbocycles. The Labute approximate surface area is 83.6 Å². The standard InChI is InChI=1S/C11H13O3/c1-2-3-8-13-10-6-4-5-7-11(10)14-9-12/h4-7H,2-3,8H2,1H3. The first-order valence-electron chi connectivity index (χ1n) is 4.64. The largest absolute Gasteiger partial charge is 0.490 e. The zero-order valence-electron chi connectivity index (χ0n) is 8.16. The molecule has 0 aliphatic carbocycles. The van der Waals surface area contributed by atoms with Crippen LogP contribution in [0.3, 0.4) is 0 Å². The topological polar surface area (TPSA) is 35.5 Å². The molecule has 0 fully saturated rings. The van der Waals surface area contributed by atoms with E-state index < -0.39 is 0 Å². The highest BCUT2D eigenvalue weighted by molar-refractivity contribution is 5.51. The zero-order valence-corrected chi connectivity index (χ0v) is 8.16. The first kappa shape index (κ1) is 10.6. The van der Waals surface area contributed by atoms with Crippen LogP contribution in [0.5, 0.6) is 11.5 Å². The van der Waals surface area contributed by atoms with E-state index in [1.165, 1.54) is 6.47 Å². The van der Waals surface area contributed by atoms with Crippen LogP contribution in [-0.2, 0) is 4.79 Å². The van der Waals surface area contributed by atoms with Crippen LogP contribution in [0.1, 0.15) is 19.8 Å². The van der Waals surface area contributed by atoms with Gasteiger partial charge in [-0.05, 0) is 18.6 Å². The van der Waals surface area contributed by atoms with Crippen molar-refractivity contribution in [3.05, 3.63) is 24.3 Å². The molecule has 0 N–H and O–H groups in total. The number of hydrogen-bond donors (Lipinski definition) is 0. The molecule has 1 rings (SSSR count). The lowest BCUT2D eigenvalue weighted by Gasteiger charge is -2.07. The minimum Gasteiger partial charge on any atom is -0.490 e. The molecule has 1 aromatic carbocycles. The average Bonchev–Trinajstić information content (AvgIpc) is 2.21. The van der Waals surface area contributed by atoms with Crippen molar-refractivity contribution >= 4 is 6.47 Å². The number of para-hydroxylation sites is 2. The zero-order chi connectivity index (χ0) is 10.2. The monoisotopic (exact) mass is 193 g/mol. The lowest BCUT2D eigenvalue weighted by molar-refractivity contribution is 0.297. The fourth-order valence-corrected chi connectivity index (χ4v) is 1.03. The van der Waals surface area contributed by atoms with Crippen LogP contribution >= 0.6 is 0 Å². The van der Waals surface area contributed by atoms with Crippen LogP contribution in [0.15, 0.2) is 24.3 Å². The molecule has 0 aromatic heterocycles. The highest BCUT2D eigenvalue weighted by Crippen LogP contribution is 2.25. The van der Waals surface area contributed by atoms with Gasteiger partial charge in [0, 0.05) is 0 Å². The van der Waals surface area contributed by atoms with Crippen LogP contribution in [0.2, 0.25) is 0 Å². The van der Waals surface area contributed by atoms with Gasteiger partial charge in [-0.1, -0.05) is 25.5 Å². The van der Waals surface area contributed by atoms with E-state index in [0.29, 0.717) is 18.1 Å². The summed E-state index contributed by atoms with van der Waals surface area (Å²) < 4.78 is 10.1. The molecule has 0 saturated heterocycles. The number of ether oxygens (including phenoxy) is 2. The van der Waals surface area contributed by atoms with Crippen LogP contribution in [0.4, 0.5) is 0 Å². The number of benzene rings is 1. The summed E-state index contributed by atoms with van der Waals surface area (Å²) in [7, 11) is 0. The number of unbranched alkanes of at least 4 members (excludes halogenated alkanes) is 1. The van der Waals surface area contributed by atoms with Crippen molar-refractivity contribution in [1.29, 1.82) is 0 Å². The predicted octanol–water partition coefficient (Wildman–Crippen LogP) is 2.31. The summed E-state index contributed by atoms with van der Waals surface area (Å²) in [6, 6.07) is 7.05. The average molecular weight is 193 g/mol. The number of carbonyl (C=O) groups excluding carboxylic acids is 1. The third-order valence-corrected chi connectivity index (χ3v) is 1.76. The molecular weight excluding hydrogens is 180 g/mol. The van der Waals surface area contributed by atoms with E-state index in [1.54, 1.807) is 18.2 Å². The molecule has 3 nitrogen and oxygen atoms in total. The van der Waals surface area contributed by atoms with Gasteiger partial charge in [-0.15, -0.1) is 0 Å². The van der Waals surface area contributed by atoms with Crippen LogP contribution < -0.4 is 9.47 Å². The van der Waals surface area contributed by atoms with Gasteiger partial charge < -0.3 is 9.47 Å². The van der Waals surface area contributed by atoms with Gasteiger partial charge in [-0.3, -0.25) is 0 Å². The van der Waals surface area contributed by atoms with E-state index in [4.69, 9.17) is 4.74 Å². The Kier molecular flexibility index (Phi) is 4.55. The van der Waals surface area contributed by atoms with Gasteiger partial charge in [0.1, 0.15) is 0 Å². The summed E-state index contributed by atoms with van der Waals surface area (Å²) in [4.78, 5) is 10.1. The van der Waals surface area contributed by atoms with Gasteiger partial charge >= 0.3 is 6.47 Å². The van der Waals surface area contributed by atoms with Crippen molar-refractivity contribution in [2.24, 2.45) is 0 Å². The van der Waals surface area contributed by atoms with Crippen LogP contribution in [-0.4, -0.2) is 13.1 Å². The molecule has 1 radical (unpaired) electrons. The molecule has 3 heteroatoms. The molecule has 0 heterocycles. The minimum atomic E-state index is 0.415. The van der Waals surface area contributed by atoms with E-state index in [-0.39, 0.29) is 0 Å². The van der Waals surface area contributed by atoms with Gasteiger partial charge in [0.05, 0.1) is 6.61 Å². The quantitative estimate of drug-likeness (QED) is 0.650. The molecular formula is C11H13O3. The molecule has 0 spiro atoms. The van der Waals surface area contributed by atoms with Crippen molar-refractivity contribution in [2.45, 2.75) is 19.8 Å². The molecule has 14 heavy (non-hydrogen) atoms. The number of rotatable bonds is 6. The third-order valence-electron chi connectivity index (χ3n) is 1.76. The third kappa shape index (κ3) is 3.09. The Morgan fingerprint density at radius 2 is 2.00 bits per heavy atom. The predicted molar refractivity (Wildman–Crippen MR) is 53.2 cm³/mol. The second-order valence-corrected chi connectivity index (χ2v) is 2.83. The summed E-state index contributed by atoms with van der Waals surface area (Å²) in [5.74, 6) is 1.00. The van der Waals surface area contributed by atoms with Crippen molar-refractivity contribution < 1.29 is 14.3 Å². The Hall–Kier alpha value is -1.51. The van der Waals surface area contributed by atoms with Gasteiger partial charge in [-0.25, -0.2) is 4.79 Å². The summed E-state index contributed by atoms with van der Waals surface area (Å²) in [5, 5.41) is 0. The van der Waals surface area contributed by atoms with Gasteiger partial charge in [0.2, 0.25) is 0 Å². The highest BCUT2D eigenvalue weighted by atomic mass is 16.5. The molecule has 0 aliphatic heterocycles. The van der Waals surface area contributed by atoms with E-state index in [2.05, 4.69) is 11.7 Å². The Morgan fingerprint density at radius 1 is 1.29 bits per heavy atom. The molecule has 0 atom stereocenters. The summed E-state index contributed by atoms with van der Waals surface area (Å²) >= 11 is 0. The fraction of sp³-hybridized carbons (Fsp3) is 0.364. The Balaban J connectivity index is 2.59. The maximum atomic E-state index is 10.1. The van der Waals surface area contributed by atoms with E-state index >= 15 is 0 Å². The molecule has 0 unspecified atom stereocenters. The van der Waals surface area contributed by atoms with Crippen LogP contribution in [0, 0.1) is 0 Å². The first-order valence-corrected chi connectivity index (χ1v) is 4.64. The van der Waals surface area contributed by atoms with Gasteiger partial charge in [-0.2, -0.15) is 0 Å². The summed E-state index contributed by atoms with van der Waals surface area (Å²) in [5.41, 5.74) is 0. The van der Waals surface area contributed by atoms with Crippen molar-refractivity contribution in [2.75, 3.05) is 6.61 Å². The molecule has 0 bridgehead atoms. The SMILES string of the molecule is CCCCOc1ccccc1O[C]=O. The maximum absolute atomic E-state index is 10.1. The van der Waals surface area contributed by atoms with E-state index in [9.17, 15) is 4.79 Å². The minimum absolute atomic E-state index is 0.415. The van der Waals surface area contributed by atoms with Gasteiger partial charge in [0.15, 0.2) is 11.5 Å². The van der Waals surface area contributed by atoms with E-state index in [1.807, 2.05) is 6.07 Å². The summed E-state index contributed by atoms with van der Waals surface area (Å²) in [6.07, 6.45) is 2.06. The van der Waals surface area contributed by atoms with Crippen molar-refractivity contribution in [3.63, 3.8) is 0 Å². The second-order valence-electron chi connectivity index (χ2n) is 2.83. The lowest BCUT2D eigenvalue weighted by Crippen LogP contribution is -1.99. The lowest BCUT2D eigenvalue weighted by atomic mass is 10.3. The maximum Gasteiger partial charge on any atom is 0.423 e. The number of hydrogen-bond acceptors (Lipinski definition) is 3. The van der Waals surface area contributed by atoms with Crippen molar-refractivity contribution in [1.82, 2.24) is 0 Å². The molecule has 0 amide bonds. The van der Waals surface area contributed by atoms with E-state index in [0.717, 1.165) is 12.8 Å². The molecule has 0 aliphatic rings. The molecule has 75 valence electrons. The first-order chi connectivity index (χ1) is 6.88. The van der Waals surface area contributed by atoms with Crippen molar-refractivity contribution in [3.8, 4) is 11.5 Å². The molecule has 1 aromatic rings. The Morgan fingerprint density at radius 3 is 2.64 bits per heavy atom.